The summed E-state index contributed by atoms with van der Waals surface area (Å²) in [5.41, 5.74) is 8.26. The van der Waals surface area contributed by atoms with Gasteiger partial charge in [0.2, 0.25) is 0 Å². The van der Waals surface area contributed by atoms with Crippen LogP contribution >= 0.6 is 11.6 Å². The third kappa shape index (κ3) is 3.29. The molecule has 0 bridgehead atoms. The van der Waals surface area contributed by atoms with Gasteiger partial charge in [0, 0.05) is 5.69 Å². The average Bonchev–Trinajstić information content (AvgIpc) is 3.05. The standard InChI is InChI=1S/C19H15ClFN5O/c1-27-12-7-5-11(6-8-12)9-26-10-15-17(25-26)18(20)24-19(23-15)16-13(21)3-2-4-14(16)22/h2-8,10H,9,22H2,1H3. The Morgan fingerprint density at radius 2 is 1.93 bits per heavy atom. The molecule has 8 heteroatoms. The van der Waals surface area contributed by atoms with Crippen LogP contribution in [0.3, 0.4) is 0 Å². The largest absolute Gasteiger partial charge is 0.497 e. The van der Waals surface area contributed by atoms with E-state index >= 15 is 0 Å². The lowest BCUT2D eigenvalue weighted by atomic mass is 10.1. The summed E-state index contributed by atoms with van der Waals surface area (Å²) in [5, 5.41) is 4.58. The highest BCUT2D eigenvalue weighted by molar-refractivity contribution is 6.33. The number of benzene rings is 2. The molecule has 2 aromatic heterocycles. The summed E-state index contributed by atoms with van der Waals surface area (Å²) in [6.07, 6.45) is 1.74. The predicted molar refractivity (Wildman–Crippen MR) is 102 cm³/mol. The fourth-order valence-corrected chi connectivity index (χ4v) is 3.03. The fraction of sp³-hybridized carbons (Fsp3) is 0.105. The Morgan fingerprint density at radius 3 is 2.63 bits per heavy atom. The van der Waals surface area contributed by atoms with Gasteiger partial charge in [-0.2, -0.15) is 5.10 Å². The molecule has 2 heterocycles. The number of hydrogen-bond acceptors (Lipinski definition) is 5. The first-order chi connectivity index (χ1) is 13.0. The Kier molecular flexibility index (Phi) is 4.37. The van der Waals surface area contributed by atoms with E-state index in [0.717, 1.165) is 11.3 Å². The lowest BCUT2D eigenvalue weighted by Crippen LogP contribution is -2.00. The maximum Gasteiger partial charge on any atom is 0.166 e. The zero-order valence-corrected chi connectivity index (χ0v) is 15.1. The Hall–Kier alpha value is -3.19. The van der Waals surface area contributed by atoms with E-state index in [1.54, 1.807) is 24.1 Å². The van der Waals surface area contributed by atoms with Gasteiger partial charge >= 0.3 is 0 Å². The topological polar surface area (TPSA) is 78.9 Å². The van der Waals surface area contributed by atoms with Gasteiger partial charge in [-0.25, -0.2) is 14.4 Å². The average molecular weight is 384 g/mol. The van der Waals surface area contributed by atoms with Crippen molar-refractivity contribution in [2.24, 2.45) is 0 Å². The van der Waals surface area contributed by atoms with Crippen LogP contribution in [-0.2, 0) is 6.54 Å². The van der Waals surface area contributed by atoms with Crippen molar-refractivity contribution in [3.63, 3.8) is 0 Å². The predicted octanol–water partition coefficient (Wildman–Crippen LogP) is 3.92. The monoisotopic (exact) mass is 383 g/mol. The molecule has 0 unspecified atom stereocenters. The maximum atomic E-state index is 14.2. The van der Waals surface area contributed by atoms with E-state index in [0.29, 0.717) is 17.6 Å². The van der Waals surface area contributed by atoms with Crippen molar-refractivity contribution >= 4 is 28.3 Å². The number of ether oxygens (including phenoxy) is 1. The highest BCUT2D eigenvalue weighted by Gasteiger charge is 2.16. The molecule has 0 saturated heterocycles. The van der Waals surface area contributed by atoms with Gasteiger partial charge in [-0.3, -0.25) is 4.68 Å². The van der Waals surface area contributed by atoms with Gasteiger partial charge in [-0.1, -0.05) is 29.8 Å². The molecular weight excluding hydrogens is 369 g/mol. The van der Waals surface area contributed by atoms with Crippen molar-refractivity contribution in [2.45, 2.75) is 6.54 Å². The van der Waals surface area contributed by atoms with Gasteiger partial charge < -0.3 is 10.5 Å². The van der Waals surface area contributed by atoms with Crippen LogP contribution in [0.25, 0.3) is 22.4 Å². The molecular formula is C19H15ClFN5O. The van der Waals surface area contributed by atoms with E-state index in [-0.39, 0.29) is 22.2 Å². The van der Waals surface area contributed by atoms with Crippen molar-refractivity contribution in [1.29, 1.82) is 0 Å². The Morgan fingerprint density at radius 1 is 1.15 bits per heavy atom. The van der Waals surface area contributed by atoms with Gasteiger partial charge in [0.25, 0.3) is 0 Å². The van der Waals surface area contributed by atoms with Crippen LogP contribution in [-0.4, -0.2) is 26.9 Å². The summed E-state index contributed by atoms with van der Waals surface area (Å²) < 4.78 is 21.1. The van der Waals surface area contributed by atoms with Crippen molar-refractivity contribution in [3.05, 3.63) is 65.2 Å². The number of halogens is 2. The molecule has 0 aliphatic heterocycles. The molecule has 6 nitrogen and oxygen atoms in total. The molecule has 0 saturated carbocycles. The highest BCUT2D eigenvalue weighted by Crippen LogP contribution is 2.29. The summed E-state index contributed by atoms with van der Waals surface area (Å²) >= 11 is 6.27. The number of nitrogen functional groups attached to an aromatic ring is 1. The molecule has 0 aliphatic rings. The van der Waals surface area contributed by atoms with Gasteiger partial charge in [0.1, 0.15) is 22.6 Å². The summed E-state index contributed by atoms with van der Waals surface area (Å²) in [6.45, 7) is 0.522. The lowest BCUT2D eigenvalue weighted by Gasteiger charge is -2.05. The minimum atomic E-state index is -0.504. The molecule has 0 aliphatic carbocycles. The van der Waals surface area contributed by atoms with E-state index in [1.807, 2.05) is 24.3 Å². The van der Waals surface area contributed by atoms with Gasteiger partial charge in [-0.05, 0) is 29.8 Å². The van der Waals surface area contributed by atoms with Crippen LogP contribution in [0.2, 0.25) is 5.15 Å². The molecule has 27 heavy (non-hydrogen) atoms. The summed E-state index contributed by atoms with van der Waals surface area (Å²) in [4.78, 5) is 8.58. The van der Waals surface area contributed by atoms with Crippen molar-refractivity contribution in [2.75, 3.05) is 12.8 Å². The summed E-state index contributed by atoms with van der Waals surface area (Å²) in [6, 6.07) is 12.1. The molecule has 0 radical (unpaired) electrons. The maximum absolute atomic E-state index is 14.2. The number of rotatable bonds is 4. The van der Waals surface area contributed by atoms with Crippen LogP contribution in [0.5, 0.6) is 5.75 Å². The van der Waals surface area contributed by atoms with Crippen LogP contribution in [0.15, 0.2) is 48.7 Å². The Labute approximate surface area is 159 Å². The molecule has 0 atom stereocenters. The zero-order valence-electron chi connectivity index (χ0n) is 14.4. The molecule has 136 valence electrons. The van der Waals surface area contributed by atoms with E-state index in [1.165, 1.54) is 12.1 Å². The second-order valence-corrected chi connectivity index (χ2v) is 6.31. The molecule has 2 N–H and O–H groups in total. The molecule has 2 aromatic carbocycles. The molecule has 0 amide bonds. The van der Waals surface area contributed by atoms with Crippen LogP contribution in [0.1, 0.15) is 5.56 Å². The number of nitrogens with two attached hydrogens (primary N) is 1. The smallest absolute Gasteiger partial charge is 0.166 e. The number of nitrogens with zero attached hydrogens (tertiary/aromatic N) is 4. The SMILES string of the molecule is COc1ccc(Cn2cc3nc(-c4c(N)cccc4F)nc(Cl)c3n2)cc1. The molecule has 0 fully saturated rings. The quantitative estimate of drug-likeness (QED) is 0.426. The van der Waals surface area contributed by atoms with E-state index in [9.17, 15) is 4.39 Å². The van der Waals surface area contributed by atoms with Gasteiger partial charge in [0.05, 0.1) is 25.4 Å². The third-order valence-corrected chi connectivity index (χ3v) is 4.40. The fourth-order valence-electron chi connectivity index (χ4n) is 2.81. The summed E-state index contributed by atoms with van der Waals surface area (Å²) in [7, 11) is 1.62. The van der Waals surface area contributed by atoms with Crippen LogP contribution in [0.4, 0.5) is 10.1 Å². The second kappa shape index (κ2) is 6.85. The number of anilines is 1. The zero-order chi connectivity index (χ0) is 19.0. The first-order valence-electron chi connectivity index (χ1n) is 8.13. The second-order valence-electron chi connectivity index (χ2n) is 5.95. The highest BCUT2D eigenvalue weighted by atomic mass is 35.5. The molecule has 4 aromatic rings. The van der Waals surface area contributed by atoms with Crippen LogP contribution in [0, 0.1) is 5.82 Å². The van der Waals surface area contributed by atoms with E-state index in [2.05, 4.69) is 15.1 Å². The number of fused-ring (bicyclic) bond motifs is 1. The van der Waals surface area contributed by atoms with Gasteiger partial charge in [0.15, 0.2) is 11.0 Å². The summed E-state index contributed by atoms with van der Waals surface area (Å²) in [5.74, 6) is 0.411. The minimum Gasteiger partial charge on any atom is -0.497 e. The molecule has 0 spiro atoms. The Bertz CT molecular complexity index is 1110. The lowest BCUT2D eigenvalue weighted by molar-refractivity contribution is 0.414. The van der Waals surface area contributed by atoms with E-state index in [4.69, 9.17) is 22.1 Å². The number of methoxy groups -OCH3 is 1. The Balaban J connectivity index is 1.73. The van der Waals surface area contributed by atoms with E-state index < -0.39 is 5.82 Å². The van der Waals surface area contributed by atoms with Gasteiger partial charge in [-0.15, -0.1) is 0 Å². The third-order valence-electron chi connectivity index (χ3n) is 4.14. The van der Waals surface area contributed by atoms with Crippen LogP contribution < -0.4 is 10.5 Å². The first kappa shape index (κ1) is 17.2. The number of hydrogen-bond donors (Lipinski definition) is 1. The van der Waals surface area contributed by atoms with Crippen molar-refractivity contribution in [1.82, 2.24) is 19.7 Å². The minimum absolute atomic E-state index is 0.129. The molecule has 4 rings (SSSR count). The first-order valence-corrected chi connectivity index (χ1v) is 8.51. The number of aromatic nitrogens is 4. The normalized spacial score (nSPS) is 11.1. The van der Waals surface area contributed by atoms with Crippen molar-refractivity contribution in [3.8, 4) is 17.1 Å². The van der Waals surface area contributed by atoms with Crippen molar-refractivity contribution < 1.29 is 9.13 Å².